The summed E-state index contributed by atoms with van der Waals surface area (Å²) in [5.74, 6) is 2.70. The number of carboxylic acid groups (broad SMARTS) is 1. The first-order chi connectivity index (χ1) is 18.5. The molecule has 0 saturated heterocycles. The van der Waals surface area contributed by atoms with Crippen molar-refractivity contribution in [2.75, 3.05) is 11.9 Å². The molecule has 204 valence electrons. The Morgan fingerprint density at radius 2 is 1.95 bits per heavy atom. The first-order valence-electron chi connectivity index (χ1n) is 13.2. The summed E-state index contributed by atoms with van der Waals surface area (Å²) < 4.78 is 8.19. The van der Waals surface area contributed by atoms with E-state index < -0.39 is 11.6 Å². The normalized spacial score (nSPS) is 11.9. The third-order valence-electron chi connectivity index (χ3n) is 6.35. The number of benzene rings is 2. The summed E-state index contributed by atoms with van der Waals surface area (Å²) in [6, 6.07) is 15.9. The molecule has 0 unspecified atom stereocenters. The van der Waals surface area contributed by atoms with Crippen LogP contribution in [0.25, 0.3) is 17.1 Å². The molecule has 0 aliphatic heterocycles. The van der Waals surface area contributed by atoms with Crippen LogP contribution in [0.5, 0.6) is 11.5 Å². The van der Waals surface area contributed by atoms with Crippen LogP contribution in [-0.2, 0) is 6.54 Å². The lowest BCUT2D eigenvalue weighted by atomic mass is 10.1. The van der Waals surface area contributed by atoms with Gasteiger partial charge in [-0.25, -0.2) is 14.8 Å². The summed E-state index contributed by atoms with van der Waals surface area (Å²) in [4.78, 5) is 22.1. The molecule has 0 atom stereocenters. The minimum absolute atomic E-state index is 0.344. The average molecular weight is 528 g/mol. The smallest absolute Gasteiger partial charge is 0.407 e. The van der Waals surface area contributed by atoms with Gasteiger partial charge in [-0.3, -0.25) is 0 Å². The van der Waals surface area contributed by atoms with Crippen LogP contribution in [-0.4, -0.2) is 42.7 Å². The van der Waals surface area contributed by atoms with E-state index in [4.69, 9.17) is 4.74 Å². The molecule has 2 N–H and O–H groups in total. The zero-order chi connectivity index (χ0) is 28.2. The summed E-state index contributed by atoms with van der Waals surface area (Å²) in [6.07, 6.45) is 6.78. The van der Waals surface area contributed by atoms with Crippen LogP contribution in [0.2, 0.25) is 0 Å². The van der Waals surface area contributed by atoms with Crippen molar-refractivity contribution in [1.29, 1.82) is 0 Å². The van der Waals surface area contributed by atoms with Gasteiger partial charge in [-0.15, -0.1) is 0 Å². The third-order valence-corrected chi connectivity index (χ3v) is 6.35. The van der Waals surface area contributed by atoms with E-state index in [1.165, 1.54) is 11.2 Å². The van der Waals surface area contributed by atoms with E-state index in [9.17, 15) is 9.90 Å². The van der Waals surface area contributed by atoms with Crippen LogP contribution in [0.4, 0.5) is 16.3 Å². The molecule has 8 nitrogen and oxygen atoms in total. The third kappa shape index (κ3) is 6.96. The molecule has 0 bridgehead atoms. The summed E-state index contributed by atoms with van der Waals surface area (Å²) in [5, 5.41) is 13.1. The summed E-state index contributed by atoms with van der Waals surface area (Å²) in [6.45, 7) is 12.8. The minimum Gasteiger partial charge on any atom is -0.465 e. The Balaban J connectivity index is 1.53. The molecule has 2 aromatic heterocycles. The van der Waals surface area contributed by atoms with Crippen molar-refractivity contribution >= 4 is 34.7 Å². The molecule has 0 aliphatic carbocycles. The number of nitrogens with zero attached hydrogens (tertiary/aromatic N) is 4. The predicted octanol–water partition coefficient (Wildman–Crippen LogP) is 7.72. The number of amides is 1. The quantitative estimate of drug-likeness (QED) is 0.231. The second-order valence-electron chi connectivity index (χ2n) is 11.0. The molecule has 2 aromatic carbocycles. The molecular weight excluding hydrogens is 490 g/mol. The topological polar surface area (TPSA) is 92.5 Å². The highest BCUT2D eigenvalue weighted by molar-refractivity contribution is 5.88. The molecule has 0 spiro atoms. The highest BCUT2D eigenvalue weighted by atomic mass is 16.5. The van der Waals surface area contributed by atoms with Crippen LogP contribution >= 0.6 is 0 Å². The van der Waals surface area contributed by atoms with E-state index in [0.717, 1.165) is 39.3 Å². The highest BCUT2D eigenvalue weighted by Crippen LogP contribution is 2.30. The Bertz CT molecular complexity index is 1480. The molecule has 4 rings (SSSR count). The van der Waals surface area contributed by atoms with E-state index in [0.29, 0.717) is 24.8 Å². The molecule has 0 aliphatic rings. The number of anilines is 2. The number of fused-ring (bicyclic) bond motifs is 1. The van der Waals surface area contributed by atoms with Crippen LogP contribution in [0.1, 0.15) is 45.7 Å². The van der Waals surface area contributed by atoms with E-state index in [1.807, 2.05) is 80.9 Å². The number of hydrogen-bond donors (Lipinski definition) is 2. The van der Waals surface area contributed by atoms with Crippen molar-refractivity contribution in [3.8, 4) is 11.5 Å². The molecule has 39 heavy (non-hydrogen) atoms. The standard InChI is InChI=1S/C31H37N5O3/c1-21(2)10-11-23-8-7-9-25(19-23)39-27-13-12-24(18-22(27)3)34-29-28-26(32-20-33-29)14-15-35(28)16-17-36(30(37)38)31(4,5)6/h7-15,18-21H,16-17H2,1-6H3,(H,37,38)(H,32,33,34). The van der Waals surface area contributed by atoms with Gasteiger partial charge in [0.15, 0.2) is 5.82 Å². The van der Waals surface area contributed by atoms with Crippen LogP contribution in [0, 0.1) is 12.8 Å². The van der Waals surface area contributed by atoms with Crippen molar-refractivity contribution in [3.63, 3.8) is 0 Å². The van der Waals surface area contributed by atoms with Gasteiger partial charge in [0.05, 0.1) is 5.52 Å². The molecule has 1 amide bonds. The van der Waals surface area contributed by atoms with Gasteiger partial charge in [0.1, 0.15) is 23.3 Å². The SMILES string of the molecule is Cc1cc(Nc2ncnc3ccn(CCN(C(=O)O)C(C)(C)C)c23)ccc1Oc1cccc(C=CC(C)C)c1. The van der Waals surface area contributed by atoms with E-state index in [-0.39, 0.29) is 0 Å². The average Bonchev–Trinajstić information content (AvgIpc) is 3.28. The fourth-order valence-electron chi connectivity index (χ4n) is 4.33. The van der Waals surface area contributed by atoms with Crippen molar-refractivity contribution in [3.05, 3.63) is 78.3 Å². The molecule has 4 aromatic rings. The molecule has 0 radical (unpaired) electrons. The van der Waals surface area contributed by atoms with Crippen molar-refractivity contribution in [2.45, 2.75) is 53.6 Å². The van der Waals surface area contributed by atoms with Crippen molar-refractivity contribution in [1.82, 2.24) is 19.4 Å². The first-order valence-corrected chi connectivity index (χ1v) is 13.2. The largest absolute Gasteiger partial charge is 0.465 e. The zero-order valence-electron chi connectivity index (χ0n) is 23.5. The molecule has 2 heterocycles. The fraction of sp³-hybridized carbons (Fsp3) is 0.323. The van der Waals surface area contributed by atoms with Crippen molar-refractivity contribution < 1.29 is 14.6 Å². The highest BCUT2D eigenvalue weighted by Gasteiger charge is 2.26. The maximum Gasteiger partial charge on any atom is 0.407 e. The Morgan fingerprint density at radius 1 is 1.15 bits per heavy atom. The number of nitrogens with one attached hydrogen (secondary N) is 1. The van der Waals surface area contributed by atoms with Gasteiger partial charge in [0.25, 0.3) is 0 Å². The lowest BCUT2D eigenvalue weighted by molar-refractivity contribution is 0.0981. The van der Waals surface area contributed by atoms with E-state index >= 15 is 0 Å². The Hall–Kier alpha value is -4.33. The van der Waals surface area contributed by atoms with Crippen molar-refractivity contribution in [2.24, 2.45) is 5.92 Å². The number of aryl methyl sites for hydroxylation is 1. The van der Waals surface area contributed by atoms with Gasteiger partial charge in [-0.05, 0) is 81.1 Å². The van der Waals surface area contributed by atoms with Gasteiger partial charge in [-0.2, -0.15) is 0 Å². The van der Waals surface area contributed by atoms with Gasteiger partial charge in [-0.1, -0.05) is 38.1 Å². The number of aromatic nitrogens is 3. The van der Waals surface area contributed by atoms with Crippen LogP contribution in [0.15, 0.2) is 67.1 Å². The summed E-state index contributed by atoms with van der Waals surface area (Å²) in [7, 11) is 0. The first kappa shape index (κ1) is 27.7. The lowest BCUT2D eigenvalue weighted by Crippen LogP contribution is -2.46. The second kappa shape index (κ2) is 11.6. The van der Waals surface area contributed by atoms with Gasteiger partial charge in [0.2, 0.25) is 0 Å². The molecule has 8 heteroatoms. The van der Waals surface area contributed by atoms with Gasteiger partial charge in [0, 0.05) is 30.5 Å². The number of ether oxygens (including phenoxy) is 1. The minimum atomic E-state index is -0.940. The lowest BCUT2D eigenvalue weighted by Gasteiger charge is -2.33. The maximum atomic E-state index is 11.8. The Morgan fingerprint density at radius 3 is 2.64 bits per heavy atom. The van der Waals surface area contributed by atoms with Gasteiger partial charge < -0.3 is 24.6 Å². The molecular formula is C31H37N5O3. The molecule has 0 saturated carbocycles. The molecule has 0 fully saturated rings. The second-order valence-corrected chi connectivity index (χ2v) is 11.0. The zero-order valence-corrected chi connectivity index (χ0v) is 23.5. The summed E-state index contributed by atoms with van der Waals surface area (Å²) in [5.41, 5.74) is 4.05. The number of allylic oxidation sites excluding steroid dienone is 1. The number of carbonyl (C=O) groups is 1. The fourth-order valence-corrected chi connectivity index (χ4v) is 4.33. The Kier molecular flexibility index (Phi) is 8.24. The predicted molar refractivity (Wildman–Crippen MR) is 157 cm³/mol. The Labute approximate surface area is 230 Å². The van der Waals surface area contributed by atoms with E-state index in [1.54, 1.807) is 0 Å². The number of hydrogen-bond acceptors (Lipinski definition) is 5. The monoisotopic (exact) mass is 527 g/mol. The van der Waals surface area contributed by atoms with Crippen LogP contribution in [0.3, 0.4) is 0 Å². The van der Waals surface area contributed by atoms with E-state index in [2.05, 4.69) is 47.4 Å². The summed E-state index contributed by atoms with van der Waals surface area (Å²) >= 11 is 0. The van der Waals surface area contributed by atoms with Gasteiger partial charge >= 0.3 is 6.09 Å². The van der Waals surface area contributed by atoms with Crippen LogP contribution < -0.4 is 10.1 Å². The maximum absolute atomic E-state index is 11.8. The number of rotatable bonds is 9.